The van der Waals surface area contributed by atoms with E-state index in [1.165, 1.54) is 18.9 Å². The van der Waals surface area contributed by atoms with Crippen LogP contribution in [0.15, 0.2) is 27.6 Å². The van der Waals surface area contributed by atoms with E-state index < -0.39 is 11.8 Å². The van der Waals surface area contributed by atoms with Gasteiger partial charge in [0.25, 0.3) is 0 Å². The average Bonchev–Trinajstić information content (AvgIpc) is 3.51. The molecule has 5 fully saturated rings. The molecule has 0 bridgehead atoms. The highest BCUT2D eigenvalue weighted by atomic mass is 16.7. The highest BCUT2D eigenvalue weighted by Crippen LogP contribution is 2.70. The van der Waals surface area contributed by atoms with E-state index in [2.05, 4.69) is 18.7 Å². The Morgan fingerprint density at radius 1 is 1.05 bits per heavy atom. The third kappa shape index (κ3) is 4.32. The predicted molar refractivity (Wildman–Crippen MR) is 143 cm³/mol. The second-order valence-electron chi connectivity index (χ2n) is 13.5. The van der Waals surface area contributed by atoms with Gasteiger partial charge in [-0.05, 0) is 124 Å². The molecule has 1 aromatic heterocycles. The van der Waals surface area contributed by atoms with E-state index in [9.17, 15) is 14.7 Å². The number of likely N-dealkylation sites (tertiary alicyclic amines) is 1. The molecule has 0 spiro atoms. The summed E-state index contributed by atoms with van der Waals surface area (Å²) in [6.07, 6.45) is 12.3. The standard InChI is InChI=1S/C31H45NO6/c1-29-12-9-23(38-28(34)36-18-17-32-15-3-4-16-32)19-22(29)6-7-26-25(29)10-13-30(2)24(11-14-31(26,30)35)21-5-8-27(33)37-20-21/h5,8,20,22-26,35H,3-4,6-7,9-19H2,1-2H3. The van der Waals surface area contributed by atoms with Crippen molar-refractivity contribution in [1.82, 2.24) is 4.90 Å². The summed E-state index contributed by atoms with van der Waals surface area (Å²) < 4.78 is 16.4. The van der Waals surface area contributed by atoms with E-state index in [0.717, 1.165) is 83.0 Å². The number of aliphatic hydroxyl groups is 1. The third-order valence-electron chi connectivity index (χ3n) is 12.0. The van der Waals surface area contributed by atoms with Gasteiger partial charge in [0.15, 0.2) is 0 Å². The number of carbonyl (C=O) groups is 1. The second kappa shape index (κ2) is 9.96. The molecule has 1 N–H and O–H groups in total. The van der Waals surface area contributed by atoms with Crippen LogP contribution in [0.25, 0.3) is 0 Å². The fourth-order valence-corrected chi connectivity index (χ4v) is 9.83. The van der Waals surface area contributed by atoms with E-state index in [-0.39, 0.29) is 34.4 Å². The van der Waals surface area contributed by atoms with Gasteiger partial charge in [0, 0.05) is 18.0 Å². The summed E-state index contributed by atoms with van der Waals surface area (Å²) in [6.45, 7) is 8.13. The highest BCUT2D eigenvalue weighted by molar-refractivity contribution is 5.60. The minimum Gasteiger partial charge on any atom is -0.433 e. The van der Waals surface area contributed by atoms with E-state index >= 15 is 0 Å². The molecule has 38 heavy (non-hydrogen) atoms. The number of carbonyl (C=O) groups excluding carboxylic acids is 1. The zero-order valence-electron chi connectivity index (χ0n) is 23.2. The first-order valence-electron chi connectivity index (χ1n) is 15.1. The summed E-state index contributed by atoms with van der Waals surface area (Å²) in [5.41, 5.74) is -0.0199. The van der Waals surface area contributed by atoms with E-state index in [1.54, 1.807) is 6.26 Å². The topological polar surface area (TPSA) is 89.2 Å². The fraction of sp³-hybridized carbons (Fsp3) is 0.806. The maximum Gasteiger partial charge on any atom is 0.508 e. The Bertz CT molecular complexity index is 1060. The Kier molecular flexibility index (Phi) is 6.91. The van der Waals surface area contributed by atoms with Crippen LogP contribution >= 0.6 is 0 Å². The van der Waals surface area contributed by atoms with E-state index in [1.807, 2.05) is 6.07 Å². The molecule has 6 rings (SSSR count). The molecule has 1 saturated heterocycles. The molecule has 4 aliphatic carbocycles. The second-order valence-corrected chi connectivity index (χ2v) is 13.5. The van der Waals surface area contributed by atoms with Crippen molar-refractivity contribution < 1.29 is 23.8 Å². The number of ether oxygens (including phenoxy) is 2. The lowest BCUT2D eigenvalue weighted by atomic mass is 9.43. The van der Waals surface area contributed by atoms with Crippen molar-refractivity contribution in [3.63, 3.8) is 0 Å². The zero-order chi connectivity index (χ0) is 26.5. The maximum atomic E-state index is 12.4. The molecule has 7 heteroatoms. The summed E-state index contributed by atoms with van der Waals surface area (Å²) in [5.74, 6) is 1.49. The van der Waals surface area contributed by atoms with E-state index in [0.29, 0.717) is 18.4 Å². The van der Waals surface area contributed by atoms with Gasteiger partial charge in [-0.15, -0.1) is 0 Å². The first kappa shape index (κ1) is 26.4. The molecular formula is C31H45NO6. The van der Waals surface area contributed by atoms with Crippen LogP contribution in [0, 0.1) is 28.6 Å². The van der Waals surface area contributed by atoms with Gasteiger partial charge >= 0.3 is 11.8 Å². The summed E-state index contributed by atoms with van der Waals surface area (Å²) >= 11 is 0. The van der Waals surface area contributed by atoms with Crippen LogP contribution in [-0.4, -0.2) is 54.1 Å². The molecule has 0 amide bonds. The van der Waals surface area contributed by atoms with Crippen LogP contribution < -0.4 is 5.63 Å². The first-order chi connectivity index (χ1) is 18.2. The molecule has 210 valence electrons. The van der Waals surface area contributed by atoms with Gasteiger partial charge in [-0.2, -0.15) is 0 Å². The molecule has 8 unspecified atom stereocenters. The van der Waals surface area contributed by atoms with Crippen LogP contribution in [-0.2, 0) is 9.47 Å². The zero-order valence-corrected chi connectivity index (χ0v) is 23.2. The largest absolute Gasteiger partial charge is 0.508 e. The predicted octanol–water partition coefficient (Wildman–Crippen LogP) is 5.50. The van der Waals surface area contributed by atoms with Crippen LogP contribution in [0.3, 0.4) is 0 Å². The third-order valence-corrected chi connectivity index (χ3v) is 12.0. The lowest BCUT2D eigenvalue weighted by Crippen LogP contribution is -2.62. The van der Waals surface area contributed by atoms with Crippen molar-refractivity contribution >= 4 is 6.16 Å². The number of fused-ring (bicyclic) bond motifs is 5. The Balaban J connectivity index is 1.09. The molecule has 1 aromatic rings. The van der Waals surface area contributed by atoms with Gasteiger partial charge in [0.2, 0.25) is 0 Å². The smallest absolute Gasteiger partial charge is 0.433 e. The van der Waals surface area contributed by atoms with E-state index in [4.69, 9.17) is 13.9 Å². The van der Waals surface area contributed by atoms with Crippen molar-refractivity contribution in [2.24, 2.45) is 28.6 Å². The quantitative estimate of drug-likeness (QED) is 0.506. The van der Waals surface area contributed by atoms with Crippen LogP contribution in [0.1, 0.15) is 96.0 Å². The van der Waals surface area contributed by atoms with Crippen molar-refractivity contribution in [3.8, 4) is 0 Å². The average molecular weight is 528 g/mol. The van der Waals surface area contributed by atoms with Gasteiger partial charge in [-0.25, -0.2) is 9.59 Å². The number of rotatable bonds is 5. The van der Waals surface area contributed by atoms with Crippen LogP contribution in [0.4, 0.5) is 4.79 Å². The Labute approximate surface area is 226 Å². The van der Waals surface area contributed by atoms with Crippen LogP contribution in [0.5, 0.6) is 0 Å². The molecule has 2 heterocycles. The van der Waals surface area contributed by atoms with Crippen molar-refractivity contribution in [1.29, 1.82) is 0 Å². The molecule has 0 radical (unpaired) electrons. The van der Waals surface area contributed by atoms with Gasteiger partial charge in [-0.3, -0.25) is 4.90 Å². The molecular weight excluding hydrogens is 482 g/mol. The van der Waals surface area contributed by atoms with Crippen molar-refractivity contribution in [2.45, 2.75) is 102 Å². The SMILES string of the molecule is CC12CCC(OC(=O)OCCN3CCCC3)CC1CCC1C2CCC2(C)C(c3ccc(=O)oc3)CCC12O. The van der Waals surface area contributed by atoms with Crippen LogP contribution in [0.2, 0.25) is 0 Å². The maximum absolute atomic E-state index is 12.4. The molecule has 5 aliphatic rings. The lowest BCUT2D eigenvalue weighted by Gasteiger charge is -2.63. The summed E-state index contributed by atoms with van der Waals surface area (Å²) in [4.78, 5) is 26.3. The van der Waals surface area contributed by atoms with Gasteiger partial charge in [-0.1, -0.05) is 13.8 Å². The normalized spacial score (nSPS) is 42.7. The minimum absolute atomic E-state index is 0.0653. The van der Waals surface area contributed by atoms with Gasteiger partial charge < -0.3 is 19.0 Å². The molecule has 1 aliphatic heterocycles. The monoisotopic (exact) mass is 527 g/mol. The molecule has 0 aromatic carbocycles. The molecule has 4 saturated carbocycles. The number of nitrogens with zero attached hydrogens (tertiary/aromatic N) is 1. The number of hydrogen-bond donors (Lipinski definition) is 1. The summed E-state index contributed by atoms with van der Waals surface area (Å²) in [5, 5.41) is 12.4. The first-order valence-corrected chi connectivity index (χ1v) is 15.1. The summed E-state index contributed by atoms with van der Waals surface area (Å²) in [6, 6.07) is 3.41. The number of hydrogen-bond acceptors (Lipinski definition) is 7. The Hall–Kier alpha value is -1.86. The molecule has 7 nitrogen and oxygen atoms in total. The van der Waals surface area contributed by atoms with Gasteiger partial charge in [0.1, 0.15) is 12.7 Å². The lowest BCUT2D eigenvalue weighted by molar-refractivity contribution is -0.205. The molecule has 8 atom stereocenters. The Morgan fingerprint density at radius 2 is 1.87 bits per heavy atom. The van der Waals surface area contributed by atoms with Gasteiger partial charge in [0.05, 0.1) is 11.9 Å². The highest BCUT2D eigenvalue weighted by Gasteiger charge is 2.67. The Morgan fingerprint density at radius 3 is 2.63 bits per heavy atom. The van der Waals surface area contributed by atoms with Crippen molar-refractivity contribution in [2.75, 3.05) is 26.2 Å². The minimum atomic E-state index is -0.697. The van der Waals surface area contributed by atoms with Crippen molar-refractivity contribution in [3.05, 3.63) is 34.4 Å². The summed E-state index contributed by atoms with van der Waals surface area (Å²) in [7, 11) is 0. The fourth-order valence-electron chi connectivity index (χ4n) is 9.83.